The van der Waals surface area contributed by atoms with E-state index in [1.165, 1.54) is 5.56 Å². The lowest BCUT2D eigenvalue weighted by Crippen LogP contribution is -2.27. The number of ether oxygens (including phenoxy) is 1. The summed E-state index contributed by atoms with van der Waals surface area (Å²) in [6, 6.07) is 10.3. The number of nitrogens with zero attached hydrogens (tertiary/aromatic N) is 1. The van der Waals surface area contributed by atoms with Gasteiger partial charge in [0.2, 0.25) is 0 Å². The van der Waals surface area contributed by atoms with Crippen molar-refractivity contribution < 1.29 is 13.5 Å². The van der Waals surface area contributed by atoms with Gasteiger partial charge in [-0.15, -0.1) is 12.4 Å². The van der Waals surface area contributed by atoms with Crippen molar-refractivity contribution in [2.24, 2.45) is 11.7 Å². The summed E-state index contributed by atoms with van der Waals surface area (Å²) in [6.45, 7) is 3.04. The van der Waals surface area contributed by atoms with E-state index in [1.807, 2.05) is 18.2 Å². The summed E-state index contributed by atoms with van der Waals surface area (Å²) in [5.74, 6) is 0.851. The van der Waals surface area contributed by atoms with Gasteiger partial charge >= 0.3 is 0 Å². The summed E-state index contributed by atoms with van der Waals surface area (Å²) in [7, 11) is 0. The summed E-state index contributed by atoms with van der Waals surface area (Å²) in [5, 5.41) is 0. The Morgan fingerprint density at radius 2 is 1.95 bits per heavy atom. The molecule has 2 N–H and O–H groups in total. The number of benzene rings is 1. The second kappa shape index (κ2) is 9.30. The monoisotopic (exact) mass is 320 g/mol. The van der Waals surface area contributed by atoms with Gasteiger partial charge in [0, 0.05) is 25.6 Å². The van der Waals surface area contributed by atoms with Crippen molar-refractivity contribution >= 4 is 12.4 Å². The predicted octanol–water partition coefficient (Wildman–Crippen LogP) is 2.36. The van der Waals surface area contributed by atoms with Gasteiger partial charge in [0.05, 0.1) is 6.61 Å². The molecule has 6 heteroatoms. The Kier molecular flexibility index (Phi) is 8.11. The van der Waals surface area contributed by atoms with Crippen LogP contribution in [0.4, 0.5) is 8.78 Å². The fourth-order valence-corrected chi connectivity index (χ4v) is 2.83. The van der Waals surface area contributed by atoms with Gasteiger partial charge in [0.25, 0.3) is 6.43 Å². The molecular formula is C15H23ClF2N2O. The average Bonchev–Trinajstić information content (AvgIpc) is 2.87. The molecule has 1 aromatic carbocycles. The molecule has 120 valence electrons. The normalized spacial score (nSPS) is 22.5. The van der Waals surface area contributed by atoms with E-state index < -0.39 is 13.0 Å². The highest BCUT2D eigenvalue weighted by atomic mass is 35.5. The van der Waals surface area contributed by atoms with Crippen LogP contribution >= 0.6 is 12.4 Å². The summed E-state index contributed by atoms with van der Waals surface area (Å²) >= 11 is 0. The molecule has 0 aromatic heterocycles. The van der Waals surface area contributed by atoms with Gasteiger partial charge < -0.3 is 15.4 Å². The van der Waals surface area contributed by atoms with Crippen molar-refractivity contribution in [3.05, 3.63) is 35.9 Å². The van der Waals surface area contributed by atoms with Crippen molar-refractivity contribution in [2.45, 2.75) is 12.3 Å². The highest BCUT2D eigenvalue weighted by molar-refractivity contribution is 5.85. The van der Waals surface area contributed by atoms with Crippen molar-refractivity contribution in [1.82, 2.24) is 4.90 Å². The van der Waals surface area contributed by atoms with E-state index >= 15 is 0 Å². The minimum Gasteiger partial charge on any atom is -0.374 e. The lowest BCUT2D eigenvalue weighted by Gasteiger charge is -2.16. The average molecular weight is 321 g/mol. The van der Waals surface area contributed by atoms with E-state index in [9.17, 15) is 8.78 Å². The maximum atomic E-state index is 12.0. The second-order valence-corrected chi connectivity index (χ2v) is 5.24. The van der Waals surface area contributed by atoms with Gasteiger partial charge in [-0.1, -0.05) is 30.3 Å². The van der Waals surface area contributed by atoms with E-state index in [1.54, 1.807) is 0 Å². The number of likely N-dealkylation sites (tertiary alicyclic amines) is 1. The van der Waals surface area contributed by atoms with E-state index in [0.29, 0.717) is 31.5 Å². The van der Waals surface area contributed by atoms with Crippen LogP contribution in [0.5, 0.6) is 0 Å². The molecule has 3 nitrogen and oxygen atoms in total. The highest BCUT2D eigenvalue weighted by Gasteiger charge is 2.32. The van der Waals surface area contributed by atoms with E-state index in [-0.39, 0.29) is 12.4 Å². The van der Waals surface area contributed by atoms with Crippen molar-refractivity contribution in [2.75, 3.05) is 39.4 Å². The molecular weight excluding hydrogens is 298 g/mol. The van der Waals surface area contributed by atoms with Gasteiger partial charge in [-0.05, 0) is 18.0 Å². The molecule has 0 radical (unpaired) electrons. The molecule has 1 saturated heterocycles. The zero-order chi connectivity index (χ0) is 14.4. The van der Waals surface area contributed by atoms with E-state index in [4.69, 9.17) is 10.5 Å². The lowest BCUT2D eigenvalue weighted by atomic mass is 9.89. The third-order valence-electron chi connectivity index (χ3n) is 3.84. The van der Waals surface area contributed by atoms with Crippen LogP contribution in [0.15, 0.2) is 30.3 Å². The topological polar surface area (TPSA) is 38.5 Å². The van der Waals surface area contributed by atoms with Crippen LogP contribution in [0, 0.1) is 5.92 Å². The van der Waals surface area contributed by atoms with Crippen LogP contribution in [0.2, 0.25) is 0 Å². The van der Waals surface area contributed by atoms with Gasteiger partial charge in [-0.2, -0.15) is 0 Å². The Labute approximate surface area is 130 Å². The lowest BCUT2D eigenvalue weighted by molar-refractivity contribution is 0.0112. The third-order valence-corrected chi connectivity index (χ3v) is 3.84. The zero-order valence-corrected chi connectivity index (χ0v) is 12.8. The Balaban J connectivity index is 0.00000220. The van der Waals surface area contributed by atoms with Gasteiger partial charge in [0.15, 0.2) is 0 Å². The van der Waals surface area contributed by atoms with Crippen molar-refractivity contribution in [1.29, 1.82) is 0 Å². The Morgan fingerprint density at radius 1 is 1.24 bits per heavy atom. The van der Waals surface area contributed by atoms with Gasteiger partial charge in [-0.3, -0.25) is 0 Å². The number of rotatable bonds is 7. The molecule has 0 bridgehead atoms. The Morgan fingerprint density at radius 3 is 2.57 bits per heavy atom. The second-order valence-electron chi connectivity index (χ2n) is 5.24. The minimum absolute atomic E-state index is 0. The zero-order valence-electron chi connectivity index (χ0n) is 12.0. The first-order valence-corrected chi connectivity index (χ1v) is 7.04. The van der Waals surface area contributed by atoms with E-state index in [0.717, 1.165) is 13.1 Å². The maximum Gasteiger partial charge on any atom is 0.261 e. The van der Waals surface area contributed by atoms with Gasteiger partial charge in [-0.25, -0.2) is 8.78 Å². The Hall–Kier alpha value is -0.750. The first-order valence-electron chi connectivity index (χ1n) is 7.04. The van der Waals surface area contributed by atoms with Crippen molar-refractivity contribution in [3.8, 4) is 0 Å². The van der Waals surface area contributed by atoms with Crippen LogP contribution in [-0.4, -0.2) is 50.7 Å². The molecule has 0 unspecified atom stereocenters. The number of hydrogen-bond acceptors (Lipinski definition) is 3. The molecule has 0 spiro atoms. The number of alkyl halides is 2. The Bertz CT molecular complexity index is 395. The molecule has 1 aromatic rings. The van der Waals surface area contributed by atoms with Gasteiger partial charge in [0.1, 0.15) is 6.61 Å². The molecule has 1 aliphatic rings. The fraction of sp³-hybridized carbons (Fsp3) is 0.600. The summed E-state index contributed by atoms with van der Waals surface area (Å²) in [4.78, 5) is 2.25. The molecule has 1 fully saturated rings. The maximum absolute atomic E-state index is 12.0. The minimum atomic E-state index is -2.39. The molecule has 2 atom stereocenters. The first kappa shape index (κ1) is 18.3. The first-order chi connectivity index (χ1) is 9.70. The van der Waals surface area contributed by atoms with Crippen LogP contribution in [0.3, 0.4) is 0 Å². The van der Waals surface area contributed by atoms with Crippen LogP contribution in [0.1, 0.15) is 11.5 Å². The van der Waals surface area contributed by atoms with Crippen LogP contribution < -0.4 is 5.73 Å². The third kappa shape index (κ3) is 5.51. The number of nitrogens with two attached hydrogens (primary N) is 1. The molecule has 0 aliphatic carbocycles. The fourth-order valence-electron chi connectivity index (χ4n) is 2.83. The van der Waals surface area contributed by atoms with Crippen LogP contribution in [-0.2, 0) is 4.74 Å². The largest absolute Gasteiger partial charge is 0.374 e. The molecule has 1 aliphatic heterocycles. The molecule has 1 heterocycles. The molecule has 0 saturated carbocycles. The highest BCUT2D eigenvalue weighted by Crippen LogP contribution is 2.31. The predicted molar refractivity (Wildman–Crippen MR) is 82.2 cm³/mol. The molecule has 0 amide bonds. The van der Waals surface area contributed by atoms with Crippen molar-refractivity contribution in [3.63, 3.8) is 0 Å². The smallest absolute Gasteiger partial charge is 0.261 e. The summed E-state index contributed by atoms with van der Waals surface area (Å²) in [6.07, 6.45) is -2.39. The quantitative estimate of drug-likeness (QED) is 0.784. The van der Waals surface area contributed by atoms with E-state index in [2.05, 4.69) is 17.0 Å². The SMILES string of the molecule is Cl.NC[C@@H]1CN(CCOCC(F)F)C[C@H]1c1ccccc1. The number of hydrogen-bond donors (Lipinski definition) is 1. The summed E-state index contributed by atoms with van der Waals surface area (Å²) in [5.41, 5.74) is 7.17. The standard InChI is InChI=1S/C15H22F2N2O.ClH/c16-15(17)11-20-7-6-19-9-13(8-18)14(10-19)12-4-2-1-3-5-12;/h1-5,13-15H,6-11,18H2;1H/t13-,14+;/m1./s1. The summed E-state index contributed by atoms with van der Waals surface area (Å²) < 4.78 is 28.9. The van der Waals surface area contributed by atoms with Crippen LogP contribution in [0.25, 0.3) is 0 Å². The molecule has 21 heavy (non-hydrogen) atoms. The molecule has 2 rings (SSSR count). The number of halogens is 3.